The van der Waals surface area contributed by atoms with Crippen LogP contribution < -0.4 is 10.6 Å². The van der Waals surface area contributed by atoms with Gasteiger partial charge in [-0.25, -0.2) is 0 Å². The quantitative estimate of drug-likeness (QED) is 0.435. The Morgan fingerprint density at radius 1 is 1.04 bits per heavy atom. The molecule has 0 aliphatic rings. The summed E-state index contributed by atoms with van der Waals surface area (Å²) in [4.78, 5) is 35.6. The average Bonchev–Trinajstić information content (AvgIpc) is 2.66. The molecule has 2 rings (SSSR count). The number of nitrogens with one attached hydrogen (secondary N) is 2. The van der Waals surface area contributed by atoms with Crippen molar-refractivity contribution in [3.63, 3.8) is 0 Å². The van der Waals surface area contributed by atoms with Crippen molar-refractivity contribution in [2.24, 2.45) is 0 Å². The van der Waals surface area contributed by atoms with E-state index in [-0.39, 0.29) is 18.8 Å². The smallest absolute Gasteiger partial charge is 0.302 e. The van der Waals surface area contributed by atoms with Gasteiger partial charge in [-0.3, -0.25) is 14.4 Å². The maximum Gasteiger partial charge on any atom is 0.302 e. The van der Waals surface area contributed by atoms with E-state index in [1.165, 1.54) is 6.92 Å². The lowest BCUT2D eigenvalue weighted by molar-refractivity contribution is -0.141. The summed E-state index contributed by atoms with van der Waals surface area (Å²) in [5, 5.41) is 5.78. The lowest BCUT2D eigenvalue weighted by Gasteiger charge is -2.11. The third-order valence-electron chi connectivity index (χ3n) is 3.40. The first-order chi connectivity index (χ1) is 13.0. The Bertz CT molecular complexity index is 833. The summed E-state index contributed by atoms with van der Waals surface area (Å²) in [6.07, 6.45) is 1.54. The van der Waals surface area contributed by atoms with Gasteiger partial charge in [-0.05, 0) is 35.9 Å². The van der Waals surface area contributed by atoms with E-state index in [1.54, 1.807) is 60.7 Å². The molecular formula is C20H19ClN2O4. The second kappa shape index (κ2) is 10.1. The van der Waals surface area contributed by atoms with Crippen molar-refractivity contribution in [1.29, 1.82) is 0 Å². The van der Waals surface area contributed by atoms with E-state index in [1.807, 2.05) is 0 Å². The highest BCUT2D eigenvalue weighted by atomic mass is 35.5. The molecule has 27 heavy (non-hydrogen) atoms. The minimum atomic E-state index is -0.499. The molecule has 0 fully saturated rings. The molecule has 2 amide bonds. The third kappa shape index (κ3) is 6.95. The number of rotatable bonds is 7. The fourth-order valence-corrected chi connectivity index (χ4v) is 2.25. The van der Waals surface area contributed by atoms with E-state index in [9.17, 15) is 14.4 Å². The van der Waals surface area contributed by atoms with E-state index in [0.29, 0.717) is 16.1 Å². The van der Waals surface area contributed by atoms with Gasteiger partial charge in [0.2, 0.25) is 0 Å². The Morgan fingerprint density at radius 3 is 2.33 bits per heavy atom. The van der Waals surface area contributed by atoms with Crippen LogP contribution in [0.5, 0.6) is 0 Å². The maximum absolute atomic E-state index is 12.5. The zero-order valence-corrected chi connectivity index (χ0v) is 15.5. The highest BCUT2D eigenvalue weighted by Crippen LogP contribution is 2.12. The van der Waals surface area contributed by atoms with Gasteiger partial charge in [0, 0.05) is 17.5 Å². The molecule has 0 aliphatic carbocycles. The van der Waals surface area contributed by atoms with Gasteiger partial charge in [0.15, 0.2) is 0 Å². The minimum Gasteiger partial charge on any atom is -0.464 e. The second-order valence-electron chi connectivity index (χ2n) is 5.53. The van der Waals surface area contributed by atoms with Crippen LogP contribution in [0.15, 0.2) is 60.3 Å². The van der Waals surface area contributed by atoms with Crippen molar-refractivity contribution in [3.8, 4) is 0 Å². The number of esters is 1. The van der Waals surface area contributed by atoms with Gasteiger partial charge in [-0.15, -0.1) is 0 Å². The predicted octanol–water partition coefficient (Wildman–Crippen LogP) is 2.79. The minimum absolute atomic E-state index is 0.0436. The first-order valence-electron chi connectivity index (χ1n) is 8.21. The summed E-state index contributed by atoms with van der Waals surface area (Å²) < 4.78 is 4.78. The van der Waals surface area contributed by atoms with Crippen molar-refractivity contribution < 1.29 is 19.1 Å². The Kier molecular flexibility index (Phi) is 7.58. The second-order valence-corrected chi connectivity index (χ2v) is 5.96. The van der Waals surface area contributed by atoms with E-state index in [2.05, 4.69) is 10.6 Å². The molecule has 0 atom stereocenters. The highest BCUT2D eigenvalue weighted by molar-refractivity contribution is 6.30. The molecule has 0 saturated carbocycles. The molecule has 0 aromatic heterocycles. The number of carbonyl (C=O) groups is 3. The monoisotopic (exact) mass is 386 g/mol. The molecule has 2 N–H and O–H groups in total. The fourth-order valence-electron chi connectivity index (χ4n) is 2.12. The normalized spacial score (nSPS) is 10.8. The van der Waals surface area contributed by atoms with E-state index in [0.717, 1.165) is 0 Å². The van der Waals surface area contributed by atoms with Crippen LogP contribution >= 0.6 is 11.6 Å². The average molecular weight is 387 g/mol. The molecule has 0 heterocycles. The molecule has 0 aliphatic heterocycles. The third-order valence-corrected chi connectivity index (χ3v) is 3.65. The summed E-state index contributed by atoms with van der Waals surface area (Å²) >= 11 is 5.87. The van der Waals surface area contributed by atoms with Crippen molar-refractivity contribution in [2.75, 3.05) is 13.2 Å². The van der Waals surface area contributed by atoms with Crippen LogP contribution in [0.3, 0.4) is 0 Å². The summed E-state index contributed by atoms with van der Waals surface area (Å²) in [6, 6.07) is 15.4. The summed E-state index contributed by atoms with van der Waals surface area (Å²) in [7, 11) is 0. The van der Waals surface area contributed by atoms with Crippen LogP contribution in [0, 0.1) is 0 Å². The molecule has 0 saturated heterocycles. The number of halogens is 1. The van der Waals surface area contributed by atoms with Gasteiger partial charge in [-0.1, -0.05) is 41.9 Å². The molecule has 0 spiro atoms. The van der Waals surface area contributed by atoms with Gasteiger partial charge in [0.05, 0.1) is 6.54 Å². The molecule has 2 aromatic carbocycles. The number of hydrogen-bond acceptors (Lipinski definition) is 4. The standard InChI is InChI=1S/C20H19ClN2O4/c1-14(24)27-12-11-22-20(26)18(13-15-7-9-17(21)10-8-15)23-19(25)16-5-3-2-4-6-16/h2-10,13H,11-12H2,1H3,(H,22,26)(H,23,25)/b18-13+. The topological polar surface area (TPSA) is 84.5 Å². The Balaban J connectivity index is 2.14. The van der Waals surface area contributed by atoms with Crippen molar-refractivity contribution in [3.05, 3.63) is 76.4 Å². The first-order valence-corrected chi connectivity index (χ1v) is 8.59. The number of ether oxygens (including phenoxy) is 1. The van der Waals surface area contributed by atoms with Crippen LogP contribution in [0.2, 0.25) is 5.02 Å². The molecule has 2 aromatic rings. The zero-order valence-electron chi connectivity index (χ0n) is 14.7. The van der Waals surface area contributed by atoms with Crippen molar-refractivity contribution in [2.45, 2.75) is 6.92 Å². The fraction of sp³-hybridized carbons (Fsp3) is 0.150. The number of hydrogen-bond donors (Lipinski definition) is 2. The number of carbonyl (C=O) groups excluding carboxylic acids is 3. The zero-order chi connectivity index (χ0) is 19.6. The predicted molar refractivity (Wildman–Crippen MR) is 103 cm³/mol. The van der Waals surface area contributed by atoms with E-state index < -0.39 is 17.8 Å². The summed E-state index contributed by atoms with van der Waals surface area (Å²) in [5.74, 6) is -1.34. The Hall–Kier alpha value is -3.12. The lowest BCUT2D eigenvalue weighted by Crippen LogP contribution is -2.36. The largest absolute Gasteiger partial charge is 0.464 e. The molecule has 0 unspecified atom stereocenters. The molecule has 140 valence electrons. The lowest BCUT2D eigenvalue weighted by atomic mass is 10.1. The first kappa shape index (κ1) is 20.2. The molecular weight excluding hydrogens is 368 g/mol. The molecule has 7 heteroatoms. The Labute approximate surface area is 162 Å². The van der Waals surface area contributed by atoms with Crippen molar-refractivity contribution >= 4 is 35.5 Å². The SMILES string of the molecule is CC(=O)OCCNC(=O)/C(=C\c1ccc(Cl)cc1)NC(=O)c1ccccc1. The van der Waals surface area contributed by atoms with Crippen molar-refractivity contribution in [1.82, 2.24) is 10.6 Å². The molecule has 0 bridgehead atoms. The van der Waals surface area contributed by atoms with E-state index >= 15 is 0 Å². The summed E-state index contributed by atoms with van der Waals surface area (Å²) in [6.45, 7) is 1.45. The van der Waals surface area contributed by atoms with Crippen LogP contribution in [0.4, 0.5) is 0 Å². The van der Waals surface area contributed by atoms with Gasteiger partial charge in [-0.2, -0.15) is 0 Å². The highest BCUT2D eigenvalue weighted by Gasteiger charge is 2.14. The van der Waals surface area contributed by atoms with Crippen LogP contribution in [-0.2, 0) is 14.3 Å². The van der Waals surface area contributed by atoms with Crippen LogP contribution in [0.1, 0.15) is 22.8 Å². The number of amides is 2. The molecule has 0 radical (unpaired) electrons. The van der Waals surface area contributed by atoms with Gasteiger partial charge in [0.25, 0.3) is 11.8 Å². The van der Waals surface area contributed by atoms with Crippen LogP contribution in [0.25, 0.3) is 6.08 Å². The Morgan fingerprint density at radius 2 is 1.70 bits per heavy atom. The maximum atomic E-state index is 12.5. The molecule has 6 nitrogen and oxygen atoms in total. The number of benzene rings is 2. The van der Waals surface area contributed by atoms with Gasteiger partial charge < -0.3 is 15.4 Å². The van der Waals surface area contributed by atoms with E-state index in [4.69, 9.17) is 16.3 Å². The summed E-state index contributed by atoms with van der Waals surface area (Å²) in [5.41, 5.74) is 1.18. The van der Waals surface area contributed by atoms with Gasteiger partial charge in [0.1, 0.15) is 12.3 Å². The van der Waals surface area contributed by atoms with Crippen LogP contribution in [-0.4, -0.2) is 30.9 Å². The van der Waals surface area contributed by atoms with Gasteiger partial charge >= 0.3 is 5.97 Å².